The van der Waals surface area contributed by atoms with Gasteiger partial charge in [-0.15, -0.1) is 0 Å². The molecule has 0 aliphatic rings. The molecular weight excluding hydrogens is 156 g/mol. The van der Waals surface area contributed by atoms with Crippen LogP contribution in [-0.4, -0.2) is 25.8 Å². The maximum Gasteiger partial charge on any atom is 0.407 e. The van der Waals surface area contributed by atoms with Crippen LogP contribution in [0.15, 0.2) is 0 Å². The van der Waals surface area contributed by atoms with Crippen LogP contribution in [0.4, 0.5) is 4.79 Å². The van der Waals surface area contributed by atoms with E-state index in [0.29, 0.717) is 25.6 Å². The molecular formula is C8H18N2O2. The molecule has 0 rings (SSSR count). The highest BCUT2D eigenvalue weighted by atomic mass is 16.5. The summed E-state index contributed by atoms with van der Waals surface area (Å²) in [4.78, 5) is 10.8. The molecule has 1 amide bonds. The molecule has 4 nitrogen and oxygen atoms in total. The summed E-state index contributed by atoms with van der Waals surface area (Å²) in [5, 5.41) is 2.52. The number of rotatable bonds is 5. The second-order valence-corrected chi connectivity index (χ2v) is 3.03. The highest BCUT2D eigenvalue weighted by molar-refractivity contribution is 5.66. The Morgan fingerprint density at radius 2 is 2.25 bits per heavy atom. The van der Waals surface area contributed by atoms with E-state index in [-0.39, 0.29) is 6.09 Å². The molecule has 0 aliphatic carbocycles. The average molecular weight is 174 g/mol. The summed E-state index contributed by atoms with van der Waals surface area (Å²) in [7, 11) is 0. The van der Waals surface area contributed by atoms with E-state index in [0.717, 1.165) is 6.42 Å². The molecule has 0 aromatic carbocycles. The maximum absolute atomic E-state index is 10.8. The first-order chi connectivity index (χ1) is 5.66. The quantitative estimate of drug-likeness (QED) is 0.645. The Balaban J connectivity index is 3.20. The average Bonchev–Trinajstić information content (AvgIpc) is 2.00. The first-order valence-corrected chi connectivity index (χ1v) is 4.27. The van der Waals surface area contributed by atoms with E-state index in [1.165, 1.54) is 0 Å². The topological polar surface area (TPSA) is 64.3 Å². The van der Waals surface area contributed by atoms with Gasteiger partial charge in [0.25, 0.3) is 0 Å². The van der Waals surface area contributed by atoms with Crippen LogP contribution in [0, 0.1) is 5.92 Å². The second-order valence-electron chi connectivity index (χ2n) is 3.03. The minimum Gasteiger partial charge on any atom is -0.450 e. The van der Waals surface area contributed by atoms with E-state index >= 15 is 0 Å². The number of nitrogens with one attached hydrogen (secondary N) is 1. The molecule has 0 atom stereocenters. The van der Waals surface area contributed by atoms with Crippen LogP contribution in [0.25, 0.3) is 0 Å². The monoisotopic (exact) mass is 174 g/mol. The number of ether oxygens (including phenoxy) is 1. The van der Waals surface area contributed by atoms with Gasteiger partial charge in [0.05, 0.1) is 6.61 Å². The Hall–Kier alpha value is -0.770. The number of alkyl carbamates (subject to hydrolysis) is 1. The molecule has 4 heteroatoms. The third-order valence-corrected chi connectivity index (χ3v) is 1.34. The molecule has 0 saturated heterocycles. The zero-order valence-electron chi connectivity index (χ0n) is 7.80. The molecule has 0 aromatic rings. The van der Waals surface area contributed by atoms with Gasteiger partial charge in [0, 0.05) is 13.1 Å². The summed E-state index contributed by atoms with van der Waals surface area (Å²) in [6, 6.07) is 0. The molecule has 0 unspecified atom stereocenters. The third-order valence-electron chi connectivity index (χ3n) is 1.34. The Labute approximate surface area is 73.5 Å². The van der Waals surface area contributed by atoms with Crippen molar-refractivity contribution in [2.24, 2.45) is 11.7 Å². The number of hydrogen-bond acceptors (Lipinski definition) is 3. The van der Waals surface area contributed by atoms with Gasteiger partial charge in [-0.05, 0) is 12.3 Å². The standard InChI is InChI=1S/C8H18N2O2/c1-7(2)3-6-12-8(11)10-5-4-9/h7H,3-6,9H2,1-2H3,(H,10,11). The highest BCUT2D eigenvalue weighted by Gasteiger charge is 2.00. The van der Waals surface area contributed by atoms with Crippen molar-refractivity contribution in [1.82, 2.24) is 5.32 Å². The van der Waals surface area contributed by atoms with Gasteiger partial charge in [0.2, 0.25) is 0 Å². The molecule has 0 heterocycles. The van der Waals surface area contributed by atoms with Crippen LogP contribution in [0.2, 0.25) is 0 Å². The highest BCUT2D eigenvalue weighted by Crippen LogP contribution is 1.98. The van der Waals surface area contributed by atoms with Gasteiger partial charge in [-0.3, -0.25) is 0 Å². The lowest BCUT2D eigenvalue weighted by molar-refractivity contribution is 0.141. The SMILES string of the molecule is CC(C)CCOC(=O)NCCN. The number of nitrogens with two attached hydrogens (primary N) is 1. The van der Waals surface area contributed by atoms with E-state index < -0.39 is 0 Å². The summed E-state index contributed by atoms with van der Waals surface area (Å²) >= 11 is 0. The van der Waals surface area contributed by atoms with Crippen LogP contribution in [-0.2, 0) is 4.74 Å². The smallest absolute Gasteiger partial charge is 0.407 e. The molecule has 0 aliphatic heterocycles. The normalized spacial score (nSPS) is 10.0. The van der Waals surface area contributed by atoms with Crippen molar-refractivity contribution in [3.63, 3.8) is 0 Å². The molecule has 0 spiro atoms. The Kier molecular flexibility index (Phi) is 6.47. The molecule has 0 bridgehead atoms. The number of carbonyl (C=O) groups is 1. The van der Waals surface area contributed by atoms with Crippen molar-refractivity contribution in [2.45, 2.75) is 20.3 Å². The minimum absolute atomic E-state index is 0.374. The van der Waals surface area contributed by atoms with Crippen molar-refractivity contribution in [2.75, 3.05) is 19.7 Å². The molecule has 0 fully saturated rings. The lowest BCUT2D eigenvalue weighted by atomic mass is 10.1. The van der Waals surface area contributed by atoms with Crippen molar-refractivity contribution >= 4 is 6.09 Å². The first kappa shape index (κ1) is 11.2. The van der Waals surface area contributed by atoms with Gasteiger partial charge in [0.1, 0.15) is 0 Å². The minimum atomic E-state index is -0.374. The van der Waals surface area contributed by atoms with Gasteiger partial charge >= 0.3 is 6.09 Å². The molecule has 0 aromatic heterocycles. The zero-order chi connectivity index (χ0) is 9.40. The first-order valence-electron chi connectivity index (χ1n) is 4.27. The van der Waals surface area contributed by atoms with Gasteiger partial charge in [-0.2, -0.15) is 0 Å². The zero-order valence-corrected chi connectivity index (χ0v) is 7.80. The van der Waals surface area contributed by atoms with Crippen molar-refractivity contribution in [3.05, 3.63) is 0 Å². The molecule has 12 heavy (non-hydrogen) atoms. The van der Waals surface area contributed by atoms with Crippen LogP contribution in [0.1, 0.15) is 20.3 Å². The molecule has 0 radical (unpaired) electrons. The van der Waals surface area contributed by atoms with E-state index in [9.17, 15) is 4.79 Å². The van der Waals surface area contributed by atoms with E-state index in [2.05, 4.69) is 19.2 Å². The van der Waals surface area contributed by atoms with Crippen LogP contribution < -0.4 is 11.1 Å². The second kappa shape index (κ2) is 6.91. The predicted octanol–water partition coefficient (Wildman–Crippen LogP) is 0.717. The van der Waals surface area contributed by atoms with Gasteiger partial charge in [-0.25, -0.2) is 4.79 Å². The summed E-state index contributed by atoms with van der Waals surface area (Å²) < 4.78 is 4.85. The third kappa shape index (κ3) is 7.34. The van der Waals surface area contributed by atoms with E-state index in [4.69, 9.17) is 10.5 Å². The molecule has 3 N–H and O–H groups in total. The number of amides is 1. The summed E-state index contributed by atoms with van der Waals surface area (Å²) in [5.41, 5.74) is 5.18. The van der Waals surface area contributed by atoms with Crippen LogP contribution in [0.3, 0.4) is 0 Å². The molecule has 72 valence electrons. The maximum atomic E-state index is 10.8. The lowest BCUT2D eigenvalue weighted by Crippen LogP contribution is -2.29. The van der Waals surface area contributed by atoms with E-state index in [1.54, 1.807) is 0 Å². The lowest BCUT2D eigenvalue weighted by Gasteiger charge is -2.06. The molecule has 0 saturated carbocycles. The fraction of sp³-hybridized carbons (Fsp3) is 0.875. The Morgan fingerprint density at radius 3 is 2.75 bits per heavy atom. The van der Waals surface area contributed by atoms with Crippen molar-refractivity contribution in [3.8, 4) is 0 Å². The summed E-state index contributed by atoms with van der Waals surface area (Å²) in [6.45, 7) is 5.57. The van der Waals surface area contributed by atoms with Gasteiger partial charge in [-0.1, -0.05) is 13.8 Å². The van der Waals surface area contributed by atoms with Gasteiger partial charge in [0.15, 0.2) is 0 Å². The Bertz CT molecular complexity index is 126. The number of carbonyl (C=O) groups excluding carboxylic acids is 1. The van der Waals surface area contributed by atoms with Crippen molar-refractivity contribution < 1.29 is 9.53 Å². The van der Waals surface area contributed by atoms with Crippen LogP contribution >= 0.6 is 0 Å². The summed E-state index contributed by atoms with van der Waals surface area (Å²) in [5.74, 6) is 0.562. The van der Waals surface area contributed by atoms with Crippen LogP contribution in [0.5, 0.6) is 0 Å². The number of hydrogen-bond donors (Lipinski definition) is 2. The predicted molar refractivity (Wildman–Crippen MR) is 47.9 cm³/mol. The largest absolute Gasteiger partial charge is 0.450 e. The fourth-order valence-corrected chi connectivity index (χ4v) is 0.613. The fourth-order valence-electron chi connectivity index (χ4n) is 0.613. The van der Waals surface area contributed by atoms with Gasteiger partial charge < -0.3 is 15.8 Å². The summed E-state index contributed by atoms with van der Waals surface area (Å²) in [6.07, 6.45) is 0.525. The van der Waals surface area contributed by atoms with E-state index in [1.807, 2.05) is 0 Å². The van der Waals surface area contributed by atoms with Crippen molar-refractivity contribution in [1.29, 1.82) is 0 Å². The Morgan fingerprint density at radius 1 is 1.58 bits per heavy atom.